The van der Waals surface area contributed by atoms with E-state index in [-0.39, 0.29) is 6.61 Å². The molecule has 27 heavy (non-hydrogen) atoms. The van der Waals surface area contributed by atoms with Crippen molar-refractivity contribution in [3.05, 3.63) is 65.0 Å². The third-order valence-electron chi connectivity index (χ3n) is 3.36. The van der Waals surface area contributed by atoms with Crippen molar-refractivity contribution in [3.8, 4) is 17.0 Å². The molecule has 1 amide bonds. The third-order valence-corrected chi connectivity index (χ3v) is 4.45. The van der Waals surface area contributed by atoms with Crippen molar-refractivity contribution in [3.63, 3.8) is 0 Å². The Kier molecular flexibility index (Phi) is 6.40. The Bertz CT molecular complexity index is 930. The van der Waals surface area contributed by atoms with E-state index in [9.17, 15) is 9.59 Å². The molecule has 0 spiro atoms. The number of nitrogens with zero attached hydrogens (tertiary/aromatic N) is 1. The lowest BCUT2D eigenvalue weighted by Gasteiger charge is -2.06. The van der Waals surface area contributed by atoms with E-state index in [2.05, 4.69) is 10.3 Å². The van der Waals surface area contributed by atoms with Gasteiger partial charge in [-0.25, -0.2) is 9.78 Å². The Morgan fingerprint density at radius 2 is 1.78 bits per heavy atom. The quantitative estimate of drug-likeness (QED) is 0.604. The molecule has 0 bridgehead atoms. The fraction of sp³-hybridized carbons (Fsp3) is 0.105. The molecule has 1 N–H and O–H groups in total. The molecule has 0 unspecified atom stereocenters. The number of hydrogen-bond acceptors (Lipinski definition) is 6. The molecule has 0 atom stereocenters. The van der Waals surface area contributed by atoms with E-state index in [1.165, 1.54) is 11.3 Å². The molecule has 1 aromatic heterocycles. The number of aromatic nitrogens is 1. The van der Waals surface area contributed by atoms with E-state index in [4.69, 9.17) is 21.1 Å². The van der Waals surface area contributed by atoms with E-state index < -0.39 is 18.5 Å². The van der Waals surface area contributed by atoms with Gasteiger partial charge in [0, 0.05) is 16.0 Å². The van der Waals surface area contributed by atoms with Gasteiger partial charge in [0.25, 0.3) is 5.91 Å². The Balaban J connectivity index is 1.46. The molecular weight excluding hydrogens is 388 g/mol. The first-order chi connectivity index (χ1) is 13.1. The molecular formula is C19H15ClN2O4S. The van der Waals surface area contributed by atoms with Crippen molar-refractivity contribution in [2.75, 3.05) is 18.5 Å². The van der Waals surface area contributed by atoms with Gasteiger partial charge in [-0.05, 0) is 18.2 Å². The fourth-order valence-electron chi connectivity index (χ4n) is 2.13. The molecule has 3 aromatic rings. The predicted octanol–water partition coefficient (Wildman–Crippen LogP) is 4.02. The zero-order valence-corrected chi connectivity index (χ0v) is 15.6. The summed E-state index contributed by atoms with van der Waals surface area (Å²) in [4.78, 5) is 27.9. The SMILES string of the molecule is O=C(COC(=O)COc1ccccc1)Nc1nc(-c2ccccc2Cl)cs1. The van der Waals surface area contributed by atoms with Crippen LogP contribution < -0.4 is 10.1 Å². The van der Waals surface area contributed by atoms with Crippen LogP contribution in [0.15, 0.2) is 60.0 Å². The lowest BCUT2D eigenvalue weighted by Crippen LogP contribution is -2.23. The number of para-hydroxylation sites is 1. The summed E-state index contributed by atoms with van der Waals surface area (Å²) in [6, 6.07) is 16.2. The van der Waals surface area contributed by atoms with Crippen molar-refractivity contribution in [2.24, 2.45) is 0 Å². The minimum atomic E-state index is -0.634. The van der Waals surface area contributed by atoms with E-state index in [0.717, 1.165) is 5.56 Å². The highest BCUT2D eigenvalue weighted by atomic mass is 35.5. The molecule has 0 saturated carbocycles. The molecule has 6 nitrogen and oxygen atoms in total. The number of rotatable bonds is 7. The standard InChI is InChI=1S/C19H15ClN2O4S/c20-15-9-5-4-8-14(15)16-12-27-19(21-16)22-17(23)10-26-18(24)11-25-13-6-2-1-3-7-13/h1-9,12H,10-11H2,(H,21,22,23). The molecule has 3 rings (SSSR count). The number of carbonyl (C=O) groups is 2. The number of thiazole rings is 1. The van der Waals surface area contributed by atoms with Gasteiger partial charge in [0.2, 0.25) is 0 Å². The first-order valence-corrected chi connectivity index (χ1v) is 9.21. The molecule has 0 aliphatic rings. The molecule has 0 aliphatic carbocycles. The molecule has 138 valence electrons. The zero-order valence-electron chi connectivity index (χ0n) is 14.1. The molecule has 0 saturated heterocycles. The monoisotopic (exact) mass is 402 g/mol. The van der Waals surface area contributed by atoms with E-state index >= 15 is 0 Å². The van der Waals surface area contributed by atoms with E-state index in [0.29, 0.717) is 21.6 Å². The number of ether oxygens (including phenoxy) is 2. The summed E-state index contributed by atoms with van der Waals surface area (Å²) in [6.07, 6.45) is 0. The van der Waals surface area contributed by atoms with Gasteiger partial charge >= 0.3 is 5.97 Å². The second-order valence-corrected chi connectivity index (χ2v) is 6.59. The summed E-state index contributed by atoms with van der Waals surface area (Å²) in [5.74, 6) is -0.568. The number of anilines is 1. The van der Waals surface area contributed by atoms with Gasteiger partial charge in [-0.1, -0.05) is 48.0 Å². The normalized spacial score (nSPS) is 10.3. The maximum Gasteiger partial charge on any atom is 0.344 e. The zero-order chi connectivity index (χ0) is 19.1. The van der Waals surface area contributed by atoms with Crippen LogP contribution in [0.25, 0.3) is 11.3 Å². The predicted molar refractivity (Wildman–Crippen MR) is 104 cm³/mol. The number of carbonyl (C=O) groups excluding carboxylic acids is 2. The topological polar surface area (TPSA) is 77.5 Å². The van der Waals surface area contributed by atoms with Crippen LogP contribution in [0.1, 0.15) is 0 Å². The van der Waals surface area contributed by atoms with Crippen LogP contribution >= 0.6 is 22.9 Å². The van der Waals surface area contributed by atoms with Crippen molar-refractivity contribution in [1.29, 1.82) is 0 Å². The lowest BCUT2D eigenvalue weighted by molar-refractivity contribution is -0.149. The first-order valence-electron chi connectivity index (χ1n) is 7.95. The van der Waals surface area contributed by atoms with Gasteiger partial charge < -0.3 is 9.47 Å². The largest absolute Gasteiger partial charge is 0.482 e. The second-order valence-electron chi connectivity index (χ2n) is 5.33. The van der Waals surface area contributed by atoms with Gasteiger partial charge in [-0.2, -0.15) is 0 Å². The summed E-state index contributed by atoms with van der Waals surface area (Å²) < 4.78 is 10.1. The maximum atomic E-state index is 11.9. The van der Waals surface area contributed by atoms with Gasteiger partial charge in [0.05, 0.1) is 5.69 Å². The number of hydrogen-bond donors (Lipinski definition) is 1. The summed E-state index contributed by atoms with van der Waals surface area (Å²) in [5.41, 5.74) is 1.44. The third kappa shape index (κ3) is 5.54. The molecule has 0 aliphatic heterocycles. The van der Waals surface area contributed by atoms with Crippen LogP contribution in [0.5, 0.6) is 5.75 Å². The number of esters is 1. The van der Waals surface area contributed by atoms with E-state index in [1.807, 2.05) is 24.3 Å². The lowest BCUT2D eigenvalue weighted by atomic mass is 10.2. The second kappa shape index (κ2) is 9.16. The molecule has 0 radical (unpaired) electrons. The smallest absolute Gasteiger partial charge is 0.344 e. The molecule has 2 aromatic carbocycles. The van der Waals surface area contributed by atoms with Crippen LogP contribution in [0.3, 0.4) is 0 Å². The van der Waals surface area contributed by atoms with Crippen LogP contribution in [0.2, 0.25) is 5.02 Å². The fourth-order valence-corrected chi connectivity index (χ4v) is 3.09. The summed E-state index contributed by atoms with van der Waals surface area (Å²) in [7, 11) is 0. The maximum absolute atomic E-state index is 11.9. The van der Waals surface area contributed by atoms with Crippen molar-refractivity contribution >= 4 is 39.9 Å². The van der Waals surface area contributed by atoms with Crippen molar-refractivity contribution in [2.45, 2.75) is 0 Å². The van der Waals surface area contributed by atoms with Gasteiger partial charge in [0.1, 0.15) is 5.75 Å². The number of amides is 1. The van der Waals surface area contributed by atoms with Crippen LogP contribution in [0.4, 0.5) is 5.13 Å². The van der Waals surface area contributed by atoms with E-state index in [1.54, 1.807) is 35.7 Å². The van der Waals surface area contributed by atoms with Crippen LogP contribution in [-0.4, -0.2) is 30.1 Å². The number of benzene rings is 2. The molecule has 0 fully saturated rings. The number of halogens is 1. The minimum Gasteiger partial charge on any atom is -0.482 e. The average Bonchev–Trinajstić information content (AvgIpc) is 3.14. The summed E-state index contributed by atoms with van der Waals surface area (Å²) in [5, 5.41) is 5.35. The molecule has 8 heteroatoms. The van der Waals surface area contributed by atoms with Crippen LogP contribution in [-0.2, 0) is 14.3 Å². The average molecular weight is 403 g/mol. The summed E-state index contributed by atoms with van der Waals surface area (Å²) in [6.45, 7) is -0.691. The molecule has 1 heterocycles. The highest BCUT2D eigenvalue weighted by Crippen LogP contribution is 2.30. The number of nitrogens with one attached hydrogen (secondary N) is 1. The van der Waals surface area contributed by atoms with Crippen LogP contribution in [0, 0.1) is 0 Å². The minimum absolute atomic E-state index is 0.273. The Hall–Kier alpha value is -2.90. The van der Waals surface area contributed by atoms with Crippen molar-refractivity contribution in [1.82, 2.24) is 4.98 Å². The Labute approximate surface area is 164 Å². The Morgan fingerprint density at radius 3 is 2.56 bits per heavy atom. The first kappa shape index (κ1) is 18.9. The highest BCUT2D eigenvalue weighted by molar-refractivity contribution is 7.14. The summed E-state index contributed by atoms with van der Waals surface area (Å²) >= 11 is 7.40. The Morgan fingerprint density at radius 1 is 1.04 bits per heavy atom. The van der Waals surface area contributed by atoms with Crippen molar-refractivity contribution < 1.29 is 19.1 Å². The van der Waals surface area contributed by atoms with Gasteiger partial charge in [0.15, 0.2) is 18.3 Å². The highest BCUT2D eigenvalue weighted by Gasteiger charge is 2.12. The van der Waals surface area contributed by atoms with Gasteiger partial charge in [-0.15, -0.1) is 11.3 Å². The van der Waals surface area contributed by atoms with Gasteiger partial charge in [-0.3, -0.25) is 10.1 Å².